The summed E-state index contributed by atoms with van der Waals surface area (Å²) in [4.78, 5) is 30.0. The fraction of sp³-hybridized carbons (Fsp3) is 0.353. The molecule has 2 aromatic heterocycles. The lowest BCUT2D eigenvalue weighted by molar-refractivity contribution is -0.118. The number of hydrogen-bond donors (Lipinski definition) is 3. The van der Waals surface area contributed by atoms with E-state index in [1.807, 2.05) is 6.07 Å². The standard InChI is InChI=1S/C17H17N3O3S/c1-17(2)6-8-11(9(21)7-17)13(10-4-3-5-23-10)18-14-12(8)15(24)20-16(22)19-14/h3-5,13H,6-7H2,1-2H3,(H3,18,19,20,22,24). The lowest BCUT2D eigenvalue weighted by atomic mass is 9.69. The molecule has 1 aliphatic carbocycles. The number of carbonyl (C=O) groups is 1. The van der Waals surface area contributed by atoms with E-state index in [0.29, 0.717) is 40.2 Å². The average Bonchev–Trinajstić information content (AvgIpc) is 2.97. The zero-order chi connectivity index (χ0) is 17.1. The highest BCUT2D eigenvalue weighted by molar-refractivity contribution is 7.71. The van der Waals surface area contributed by atoms with Crippen LogP contribution in [0.2, 0.25) is 0 Å². The van der Waals surface area contributed by atoms with Crippen molar-refractivity contribution < 1.29 is 9.21 Å². The van der Waals surface area contributed by atoms with Gasteiger partial charge in [-0.2, -0.15) is 0 Å². The minimum atomic E-state index is -0.418. The molecule has 0 aromatic carbocycles. The van der Waals surface area contributed by atoms with Crippen molar-refractivity contribution in [2.24, 2.45) is 5.41 Å². The lowest BCUT2D eigenvalue weighted by Gasteiger charge is -2.38. The molecule has 3 heterocycles. The Labute approximate surface area is 143 Å². The van der Waals surface area contributed by atoms with Crippen LogP contribution in [-0.2, 0) is 4.79 Å². The van der Waals surface area contributed by atoms with Crippen LogP contribution in [0.5, 0.6) is 0 Å². The molecule has 1 aliphatic heterocycles. The number of furan rings is 1. The van der Waals surface area contributed by atoms with Gasteiger partial charge in [-0.05, 0) is 29.5 Å². The number of anilines is 1. The van der Waals surface area contributed by atoms with E-state index in [2.05, 4.69) is 29.1 Å². The van der Waals surface area contributed by atoms with Gasteiger partial charge >= 0.3 is 5.69 Å². The van der Waals surface area contributed by atoms with Gasteiger partial charge in [0.1, 0.15) is 22.3 Å². The molecule has 3 N–H and O–H groups in total. The number of nitrogens with one attached hydrogen (secondary N) is 3. The molecule has 0 saturated carbocycles. The number of fused-ring (bicyclic) bond motifs is 2. The number of aromatic amines is 2. The van der Waals surface area contributed by atoms with Crippen LogP contribution in [0.3, 0.4) is 0 Å². The Morgan fingerprint density at radius 3 is 2.75 bits per heavy atom. The Bertz CT molecular complexity index is 979. The number of hydrogen-bond acceptors (Lipinski definition) is 5. The SMILES string of the molecule is CC1(C)CC(=O)C2=C(C1)c1c([nH]c(=O)[nH]c1=S)NC2c1ccco1. The second-order valence-electron chi connectivity index (χ2n) is 7.08. The van der Waals surface area contributed by atoms with E-state index in [9.17, 15) is 9.59 Å². The zero-order valence-corrected chi connectivity index (χ0v) is 14.2. The van der Waals surface area contributed by atoms with Crippen molar-refractivity contribution in [3.8, 4) is 0 Å². The molecule has 0 amide bonds. The third kappa shape index (κ3) is 2.27. The molecule has 0 bridgehead atoms. The highest BCUT2D eigenvalue weighted by atomic mass is 32.1. The largest absolute Gasteiger partial charge is 0.467 e. The third-order valence-electron chi connectivity index (χ3n) is 4.57. The molecule has 0 spiro atoms. The van der Waals surface area contributed by atoms with Gasteiger partial charge in [0, 0.05) is 12.0 Å². The normalized spacial score (nSPS) is 21.9. The first-order chi connectivity index (χ1) is 11.4. The molecule has 6 nitrogen and oxygen atoms in total. The van der Waals surface area contributed by atoms with Crippen LogP contribution in [0.4, 0.5) is 5.82 Å². The van der Waals surface area contributed by atoms with Crippen molar-refractivity contribution in [1.29, 1.82) is 0 Å². The molecule has 24 heavy (non-hydrogen) atoms. The van der Waals surface area contributed by atoms with E-state index in [0.717, 1.165) is 5.57 Å². The Morgan fingerprint density at radius 1 is 1.25 bits per heavy atom. The molecule has 0 saturated heterocycles. The number of rotatable bonds is 1. The molecule has 7 heteroatoms. The maximum absolute atomic E-state index is 12.9. The summed E-state index contributed by atoms with van der Waals surface area (Å²) < 4.78 is 5.87. The number of aromatic nitrogens is 2. The van der Waals surface area contributed by atoms with E-state index in [4.69, 9.17) is 16.6 Å². The minimum Gasteiger partial charge on any atom is -0.467 e. The molecule has 2 aliphatic rings. The smallest absolute Gasteiger partial charge is 0.325 e. The fourth-order valence-corrected chi connectivity index (χ4v) is 3.98. The number of Topliss-reactive ketones (excluding diaryl/α,β-unsaturated/α-hetero) is 1. The van der Waals surface area contributed by atoms with Crippen molar-refractivity contribution in [3.05, 3.63) is 50.4 Å². The maximum atomic E-state index is 12.9. The van der Waals surface area contributed by atoms with Crippen LogP contribution in [0, 0.1) is 10.1 Å². The van der Waals surface area contributed by atoms with Crippen molar-refractivity contribution in [3.63, 3.8) is 0 Å². The summed E-state index contributed by atoms with van der Waals surface area (Å²) in [6.07, 6.45) is 2.76. The topological polar surface area (TPSA) is 90.9 Å². The molecule has 2 aromatic rings. The Balaban J connectivity index is 2.02. The summed E-state index contributed by atoms with van der Waals surface area (Å²) in [5.41, 5.74) is 1.75. The van der Waals surface area contributed by atoms with Crippen molar-refractivity contribution >= 4 is 29.4 Å². The molecular formula is C17H17N3O3S. The number of allylic oxidation sites excluding steroid dienone is 1. The Hall–Kier alpha value is -2.41. The second kappa shape index (κ2) is 5.04. The van der Waals surface area contributed by atoms with Crippen LogP contribution in [-0.4, -0.2) is 15.8 Å². The molecule has 1 unspecified atom stereocenters. The lowest BCUT2D eigenvalue weighted by Crippen LogP contribution is -2.34. The van der Waals surface area contributed by atoms with Gasteiger partial charge in [0.15, 0.2) is 5.78 Å². The van der Waals surface area contributed by atoms with Gasteiger partial charge < -0.3 is 9.73 Å². The summed E-state index contributed by atoms with van der Waals surface area (Å²) in [6, 6.07) is 3.19. The molecule has 124 valence electrons. The van der Waals surface area contributed by atoms with Gasteiger partial charge in [-0.25, -0.2) is 4.79 Å². The summed E-state index contributed by atoms with van der Waals surface area (Å²) in [5.74, 6) is 1.26. The van der Waals surface area contributed by atoms with Gasteiger partial charge in [-0.3, -0.25) is 14.8 Å². The molecule has 0 radical (unpaired) electrons. The first-order valence-electron chi connectivity index (χ1n) is 7.79. The van der Waals surface area contributed by atoms with Crippen molar-refractivity contribution in [2.45, 2.75) is 32.7 Å². The van der Waals surface area contributed by atoms with Crippen LogP contribution < -0.4 is 11.0 Å². The number of carbonyl (C=O) groups excluding carboxylic acids is 1. The van der Waals surface area contributed by atoms with Gasteiger partial charge in [-0.15, -0.1) is 0 Å². The highest BCUT2D eigenvalue weighted by Gasteiger charge is 2.41. The van der Waals surface area contributed by atoms with E-state index in [-0.39, 0.29) is 16.9 Å². The Morgan fingerprint density at radius 2 is 2.04 bits per heavy atom. The highest BCUT2D eigenvalue weighted by Crippen LogP contribution is 2.49. The van der Waals surface area contributed by atoms with Crippen LogP contribution >= 0.6 is 12.2 Å². The molecule has 1 atom stereocenters. The minimum absolute atomic E-state index is 0.0846. The van der Waals surface area contributed by atoms with Gasteiger partial charge in [0.2, 0.25) is 0 Å². The molecule has 4 rings (SSSR count). The zero-order valence-electron chi connectivity index (χ0n) is 13.4. The first-order valence-corrected chi connectivity index (χ1v) is 8.20. The van der Waals surface area contributed by atoms with Gasteiger partial charge in [0.05, 0.1) is 11.8 Å². The summed E-state index contributed by atoms with van der Waals surface area (Å²) in [7, 11) is 0. The van der Waals surface area contributed by atoms with Crippen LogP contribution in [0.25, 0.3) is 5.57 Å². The molecular weight excluding hydrogens is 326 g/mol. The summed E-state index contributed by atoms with van der Waals surface area (Å²) >= 11 is 5.36. The van der Waals surface area contributed by atoms with Gasteiger partial charge in [-0.1, -0.05) is 26.1 Å². The number of H-pyrrole nitrogens is 2. The summed E-state index contributed by atoms with van der Waals surface area (Å²) in [6.45, 7) is 4.13. The van der Waals surface area contributed by atoms with Crippen molar-refractivity contribution in [1.82, 2.24) is 9.97 Å². The fourth-order valence-electron chi connectivity index (χ4n) is 3.66. The van der Waals surface area contributed by atoms with Crippen molar-refractivity contribution in [2.75, 3.05) is 5.32 Å². The number of ketones is 1. The van der Waals surface area contributed by atoms with Crippen LogP contribution in [0.15, 0.2) is 33.2 Å². The summed E-state index contributed by atoms with van der Waals surface area (Å²) in [5, 5.41) is 3.22. The second-order valence-corrected chi connectivity index (χ2v) is 7.49. The monoisotopic (exact) mass is 343 g/mol. The van der Waals surface area contributed by atoms with E-state index in [1.54, 1.807) is 12.3 Å². The quantitative estimate of drug-likeness (QED) is 0.691. The van der Waals surface area contributed by atoms with Crippen LogP contribution in [0.1, 0.15) is 44.1 Å². The maximum Gasteiger partial charge on any atom is 0.325 e. The molecule has 0 fully saturated rings. The average molecular weight is 343 g/mol. The Kier molecular flexibility index (Phi) is 3.18. The predicted octanol–water partition coefficient (Wildman–Crippen LogP) is 3.33. The van der Waals surface area contributed by atoms with E-state index < -0.39 is 6.04 Å². The first kappa shape index (κ1) is 15.1. The predicted molar refractivity (Wildman–Crippen MR) is 92.3 cm³/mol. The van der Waals surface area contributed by atoms with E-state index >= 15 is 0 Å². The van der Waals surface area contributed by atoms with Gasteiger partial charge in [0.25, 0.3) is 0 Å². The van der Waals surface area contributed by atoms with E-state index in [1.165, 1.54) is 0 Å². The third-order valence-corrected chi connectivity index (χ3v) is 4.88.